The van der Waals surface area contributed by atoms with Gasteiger partial charge in [0, 0.05) is 24.2 Å². The zero-order valence-corrected chi connectivity index (χ0v) is 13.7. The number of nitrogens with zero attached hydrogens (tertiary/aromatic N) is 2. The molecule has 0 unspecified atom stereocenters. The second kappa shape index (κ2) is 7.36. The molecular weight excluding hydrogens is 274 g/mol. The van der Waals surface area contributed by atoms with E-state index in [2.05, 4.69) is 50.1 Å². The SMILES string of the molecule is CCCCn1nc(-c2ccc(C(C)C)cc2)cc(CN)c1=O. The maximum atomic E-state index is 12.3. The molecule has 0 spiro atoms. The zero-order valence-electron chi connectivity index (χ0n) is 13.7. The molecule has 0 radical (unpaired) electrons. The Hall–Kier alpha value is -1.94. The number of hydrogen-bond acceptors (Lipinski definition) is 3. The van der Waals surface area contributed by atoms with Gasteiger partial charge in [0.25, 0.3) is 5.56 Å². The molecule has 1 aromatic heterocycles. The van der Waals surface area contributed by atoms with Crippen molar-refractivity contribution in [1.82, 2.24) is 9.78 Å². The molecule has 4 nitrogen and oxygen atoms in total. The highest BCUT2D eigenvalue weighted by Gasteiger charge is 2.09. The number of rotatable bonds is 6. The van der Waals surface area contributed by atoms with E-state index in [0.717, 1.165) is 24.1 Å². The summed E-state index contributed by atoms with van der Waals surface area (Å²) in [6.45, 7) is 7.32. The molecule has 0 amide bonds. The Balaban J connectivity index is 2.43. The van der Waals surface area contributed by atoms with E-state index < -0.39 is 0 Å². The summed E-state index contributed by atoms with van der Waals surface area (Å²) < 4.78 is 1.55. The average Bonchev–Trinajstić information content (AvgIpc) is 2.54. The highest BCUT2D eigenvalue weighted by atomic mass is 16.1. The summed E-state index contributed by atoms with van der Waals surface area (Å²) in [5.41, 5.74) is 9.39. The van der Waals surface area contributed by atoms with Crippen LogP contribution in [0.5, 0.6) is 0 Å². The summed E-state index contributed by atoms with van der Waals surface area (Å²) in [4.78, 5) is 12.3. The van der Waals surface area contributed by atoms with Crippen molar-refractivity contribution in [2.24, 2.45) is 5.73 Å². The van der Waals surface area contributed by atoms with Gasteiger partial charge in [-0.2, -0.15) is 5.10 Å². The van der Waals surface area contributed by atoms with Crippen molar-refractivity contribution < 1.29 is 0 Å². The molecule has 22 heavy (non-hydrogen) atoms. The fourth-order valence-corrected chi connectivity index (χ4v) is 2.38. The molecule has 118 valence electrons. The van der Waals surface area contributed by atoms with Gasteiger partial charge in [0.2, 0.25) is 0 Å². The van der Waals surface area contributed by atoms with Crippen LogP contribution in [0.2, 0.25) is 0 Å². The molecule has 0 fully saturated rings. The fourth-order valence-electron chi connectivity index (χ4n) is 2.38. The molecule has 0 aliphatic carbocycles. The van der Waals surface area contributed by atoms with Gasteiger partial charge in [0.1, 0.15) is 0 Å². The minimum Gasteiger partial charge on any atom is -0.326 e. The smallest absolute Gasteiger partial charge is 0.271 e. The third kappa shape index (κ3) is 3.63. The Morgan fingerprint density at radius 3 is 2.45 bits per heavy atom. The first-order valence-corrected chi connectivity index (χ1v) is 7.98. The third-order valence-corrected chi connectivity index (χ3v) is 3.87. The Kier molecular flexibility index (Phi) is 5.50. The Morgan fingerprint density at radius 2 is 1.91 bits per heavy atom. The van der Waals surface area contributed by atoms with E-state index in [-0.39, 0.29) is 12.1 Å². The summed E-state index contributed by atoms with van der Waals surface area (Å²) >= 11 is 0. The van der Waals surface area contributed by atoms with Gasteiger partial charge in [-0.05, 0) is 24.0 Å². The molecule has 1 heterocycles. The minimum atomic E-state index is -0.0708. The summed E-state index contributed by atoms with van der Waals surface area (Å²) in [7, 11) is 0. The molecule has 0 aliphatic heterocycles. The molecule has 0 saturated carbocycles. The van der Waals surface area contributed by atoms with Gasteiger partial charge in [-0.3, -0.25) is 4.79 Å². The zero-order chi connectivity index (χ0) is 16.1. The van der Waals surface area contributed by atoms with E-state index in [4.69, 9.17) is 5.73 Å². The lowest BCUT2D eigenvalue weighted by molar-refractivity contribution is 0.540. The molecule has 2 rings (SSSR count). The molecule has 1 aromatic carbocycles. The molecule has 2 aromatic rings. The standard InChI is InChI=1S/C18H25N3O/c1-4-5-10-21-18(22)16(12-19)11-17(20-21)15-8-6-14(7-9-15)13(2)3/h6-9,11,13H,4-5,10,12,19H2,1-3H3. The van der Waals surface area contributed by atoms with Gasteiger partial charge in [-0.15, -0.1) is 0 Å². The van der Waals surface area contributed by atoms with E-state index in [9.17, 15) is 4.79 Å². The number of unbranched alkanes of at least 4 members (excludes halogenated alkanes) is 1. The summed E-state index contributed by atoms with van der Waals surface area (Å²) in [6, 6.07) is 10.2. The van der Waals surface area contributed by atoms with E-state index in [0.29, 0.717) is 18.0 Å². The molecule has 4 heteroatoms. The Morgan fingerprint density at radius 1 is 1.23 bits per heavy atom. The van der Waals surface area contributed by atoms with Crippen LogP contribution in [-0.4, -0.2) is 9.78 Å². The lowest BCUT2D eigenvalue weighted by Gasteiger charge is -2.11. The van der Waals surface area contributed by atoms with Crippen molar-refractivity contribution in [3.63, 3.8) is 0 Å². The predicted molar refractivity (Wildman–Crippen MR) is 90.8 cm³/mol. The second-order valence-corrected chi connectivity index (χ2v) is 5.92. The molecule has 2 N–H and O–H groups in total. The first-order valence-electron chi connectivity index (χ1n) is 7.98. The topological polar surface area (TPSA) is 60.9 Å². The van der Waals surface area contributed by atoms with Crippen LogP contribution in [-0.2, 0) is 13.1 Å². The maximum absolute atomic E-state index is 12.3. The van der Waals surface area contributed by atoms with Crippen LogP contribution in [0.25, 0.3) is 11.3 Å². The van der Waals surface area contributed by atoms with Crippen molar-refractivity contribution in [2.75, 3.05) is 0 Å². The van der Waals surface area contributed by atoms with Crippen LogP contribution < -0.4 is 11.3 Å². The Bertz CT molecular complexity index is 672. The van der Waals surface area contributed by atoms with E-state index >= 15 is 0 Å². The number of aromatic nitrogens is 2. The van der Waals surface area contributed by atoms with Crippen molar-refractivity contribution in [3.05, 3.63) is 51.8 Å². The largest absolute Gasteiger partial charge is 0.326 e. The molecule has 0 atom stereocenters. The lowest BCUT2D eigenvalue weighted by Crippen LogP contribution is -2.28. The number of nitrogens with two attached hydrogens (primary N) is 1. The molecular formula is C18H25N3O. The average molecular weight is 299 g/mol. The normalized spacial score (nSPS) is 11.1. The van der Waals surface area contributed by atoms with Gasteiger partial charge >= 0.3 is 0 Å². The predicted octanol–water partition coefficient (Wildman–Crippen LogP) is 3.29. The monoisotopic (exact) mass is 299 g/mol. The number of benzene rings is 1. The third-order valence-electron chi connectivity index (χ3n) is 3.87. The Labute approximate surface area is 132 Å². The molecule has 0 saturated heterocycles. The van der Waals surface area contributed by atoms with Crippen LogP contribution in [0.3, 0.4) is 0 Å². The fraction of sp³-hybridized carbons (Fsp3) is 0.444. The van der Waals surface area contributed by atoms with Crippen molar-refractivity contribution in [2.45, 2.75) is 52.6 Å². The highest BCUT2D eigenvalue weighted by Crippen LogP contribution is 2.21. The first-order chi connectivity index (χ1) is 10.6. The van der Waals surface area contributed by atoms with E-state index in [1.54, 1.807) is 4.68 Å². The van der Waals surface area contributed by atoms with Crippen LogP contribution in [0.15, 0.2) is 35.1 Å². The second-order valence-electron chi connectivity index (χ2n) is 5.92. The van der Waals surface area contributed by atoms with Gasteiger partial charge in [0.05, 0.1) is 5.69 Å². The lowest BCUT2D eigenvalue weighted by atomic mass is 10.0. The van der Waals surface area contributed by atoms with E-state index in [1.807, 2.05) is 6.07 Å². The van der Waals surface area contributed by atoms with Gasteiger partial charge in [-0.25, -0.2) is 4.68 Å². The van der Waals surface area contributed by atoms with Gasteiger partial charge in [-0.1, -0.05) is 51.5 Å². The number of aryl methyl sites for hydroxylation is 1. The van der Waals surface area contributed by atoms with Crippen molar-refractivity contribution >= 4 is 0 Å². The summed E-state index contributed by atoms with van der Waals surface area (Å²) in [6.07, 6.45) is 1.96. The van der Waals surface area contributed by atoms with Crippen LogP contribution in [0.4, 0.5) is 0 Å². The first kappa shape index (κ1) is 16.4. The van der Waals surface area contributed by atoms with Gasteiger partial charge < -0.3 is 5.73 Å². The van der Waals surface area contributed by atoms with Crippen molar-refractivity contribution in [1.29, 1.82) is 0 Å². The van der Waals surface area contributed by atoms with Crippen molar-refractivity contribution in [3.8, 4) is 11.3 Å². The minimum absolute atomic E-state index is 0.0708. The summed E-state index contributed by atoms with van der Waals surface area (Å²) in [5.74, 6) is 0.500. The van der Waals surface area contributed by atoms with Crippen LogP contribution in [0.1, 0.15) is 50.7 Å². The maximum Gasteiger partial charge on any atom is 0.271 e. The summed E-state index contributed by atoms with van der Waals surface area (Å²) in [5, 5.41) is 4.51. The molecule has 0 aliphatic rings. The number of hydrogen-bond donors (Lipinski definition) is 1. The quantitative estimate of drug-likeness (QED) is 0.890. The van der Waals surface area contributed by atoms with E-state index in [1.165, 1.54) is 5.56 Å². The van der Waals surface area contributed by atoms with Crippen LogP contribution in [0, 0.1) is 0 Å². The molecule has 0 bridgehead atoms. The highest BCUT2D eigenvalue weighted by molar-refractivity contribution is 5.59. The van der Waals surface area contributed by atoms with Crippen LogP contribution >= 0.6 is 0 Å². The van der Waals surface area contributed by atoms with Gasteiger partial charge in [0.15, 0.2) is 0 Å².